The topological polar surface area (TPSA) is 94.2 Å². The minimum Gasteiger partial charge on any atom is -0.495 e. The predicted octanol–water partition coefficient (Wildman–Crippen LogP) is 1.72. The minimum atomic E-state index is -3.74. The van der Waals surface area contributed by atoms with E-state index in [0.717, 1.165) is 4.31 Å². The van der Waals surface area contributed by atoms with Crippen LogP contribution in [-0.2, 0) is 14.8 Å². The first-order chi connectivity index (χ1) is 12.8. The number of ether oxygens (including phenoxy) is 3. The van der Waals surface area contributed by atoms with Gasteiger partial charge in [-0.2, -0.15) is 0 Å². The minimum absolute atomic E-state index is 0.0426. The third-order valence-electron chi connectivity index (χ3n) is 3.99. The number of hydrogen-bond acceptors (Lipinski definition) is 6. The largest absolute Gasteiger partial charge is 0.495 e. The van der Waals surface area contributed by atoms with E-state index < -0.39 is 22.0 Å². The molecule has 0 aromatic heterocycles. The molecule has 144 valence electrons. The molecule has 0 spiro atoms. The van der Waals surface area contributed by atoms with Gasteiger partial charge in [0.25, 0.3) is 5.91 Å². The number of nitrogens with one attached hydrogen (secondary N) is 1. The van der Waals surface area contributed by atoms with Crippen molar-refractivity contribution in [2.45, 2.75) is 11.0 Å². The second-order valence-corrected chi connectivity index (χ2v) is 8.13. The molecule has 1 heterocycles. The van der Waals surface area contributed by atoms with Crippen LogP contribution >= 0.6 is 0 Å². The second-order valence-electron chi connectivity index (χ2n) is 6.01. The van der Waals surface area contributed by atoms with E-state index in [2.05, 4.69) is 5.32 Å². The summed E-state index contributed by atoms with van der Waals surface area (Å²) in [7, 11) is 0.483. The first kappa shape index (κ1) is 19.0. The van der Waals surface area contributed by atoms with Crippen molar-refractivity contribution < 1.29 is 27.4 Å². The Morgan fingerprint density at radius 1 is 1.19 bits per heavy atom. The van der Waals surface area contributed by atoms with Crippen LogP contribution in [0, 0.1) is 0 Å². The van der Waals surface area contributed by atoms with Gasteiger partial charge in [0.05, 0.1) is 7.11 Å². The van der Waals surface area contributed by atoms with Crippen molar-refractivity contribution in [2.75, 3.05) is 33.1 Å². The zero-order valence-corrected chi connectivity index (χ0v) is 15.9. The van der Waals surface area contributed by atoms with E-state index >= 15 is 0 Å². The third-order valence-corrected chi connectivity index (χ3v) is 5.83. The number of amides is 1. The second kappa shape index (κ2) is 7.45. The van der Waals surface area contributed by atoms with Crippen molar-refractivity contribution in [1.29, 1.82) is 0 Å². The molecule has 1 atom stereocenters. The molecule has 1 aliphatic rings. The summed E-state index contributed by atoms with van der Waals surface area (Å²) in [4.78, 5) is 12.5. The molecule has 27 heavy (non-hydrogen) atoms. The molecule has 0 radical (unpaired) electrons. The lowest BCUT2D eigenvalue weighted by Crippen LogP contribution is -2.40. The normalized spacial score (nSPS) is 16.1. The molecule has 8 nitrogen and oxygen atoms in total. The van der Waals surface area contributed by atoms with E-state index in [9.17, 15) is 13.2 Å². The molecule has 3 rings (SSSR count). The molecular formula is C18H20N2O6S. The van der Waals surface area contributed by atoms with E-state index in [1.807, 2.05) is 6.07 Å². The van der Waals surface area contributed by atoms with Gasteiger partial charge in [-0.05, 0) is 30.3 Å². The van der Waals surface area contributed by atoms with E-state index in [1.54, 1.807) is 24.3 Å². The highest BCUT2D eigenvalue weighted by atomic mass is 32.2. The van der Waals surface area contributed by atoms with Gasteiger partial charge in [-0.3, -0.25) is 4.79 Å². The number of anilines is 1. The molecule has 0 saturated heterocycles. The number of para-hydroxylation sites is 2. The Hall–Kier alpha value is -2.78. The number of carbonyl (C=O) groups excluding carboxylic acids is 1. The van der Waals surface area contributed by atoms with Gasteiger partial charge in [-0.25, -0.2) is 12.7 Å². The molecule has 0 fully saturated rings. The van der Waals surface area contributed by atoms with Crippen molar-refractivity contribution in [3.63, 3.8) is 0 Å². The van der Waals surface area contributed by atoms with Crippen LogP contribution in [0.1, 0.15) is 0 Å². The predicted molar refractivity (Wildman–Crippen MR) is 98.8 cm³/mol. The molecule has 9 heteroatoms. The summed E-state index contributed by atoms with van der Waals surface area (Å²) in [6.45, 7) is 0.0574. The molecule has 0 aliphatic carbocycles. The molecule has 1 amide bonds. The summed E-state index contributed by atoms with van der Waals surface area (Å²) in [5.41, 5.74) is 0.309. The number of rotatable bonds is 5. The van der Waals surface area contributed by atoms with Crippen LogP contribution in [-0.4, -0.2) is 52.5 Å². The molecule has 1 unspecified atom stereocenters. The first-order valence-corrected chi connectivity index (χ1v) is 9.57. The molecule has 1 N–H and O–H groups in total. The van der Waals surface area contributed by atoms with Crippen LogP contribution in [0.2, 0.25) is 0 Å². The zero-order chi connectivity index (χ0) is 19.6. The monoisotopic (exact) mass is 392 g/mol. The fourth-order valence-electron chi connectivity index (χ4n) is 2.52. The van der Waals surface area contributed by atoms with Gasteiger partial charge in [-0.15, -0.1) is 0 Å². The van der Waals surface area contributed by atoms with E-state index in [0.29, 0.717) is 17.2 Å². The van der Waals surface area contributed by atoms with Crippen molar-refractivity contribution in [3.05, 3.63) is 42.5 Å². The van der Waals surface area contributed by atoms with Crippen LogP contribution in [0.25, 0.3) is 0 Å². The van der Waals surface area contributed by atoms with Gasteiger partial charge in [0.2, 0.25) is 16.1 Å². The lowest BCUT2D eigenvalue weighted by Gasteiger charge is -2.25. The number of nitrogens with zero attached hydrogens (tertiary/aromatic N) is 1. The van der Waals surface area contributed by atoms with Gasteiger partial charge in [-0.1, -0.05) is 12.1 Å². The highest BCUT2D eigenvalue weighted by Gasteiger charge is 2.28. The Labute approximate surface area is 157 Å². The lowest BCUT2D eigenvalue weighted by atomic mass is 10.2. The summed E-state index contributed by atoms with van der Waals surface area (Å²) in [6.07, 6.45) is -0.851. The zero-order valence-electron chi connectivity index (χ0n) is 15.1. The number of methoxy groups -OCH3 is 1. The smallest absolute Gasteiger partial charge is 0.269 e. The van der Waals surface area contributed by atoms with Gasteiger partial charge < -0.3 is 19.5 Å². The van der Waals surface area contributed by atoms with E-state index in [4.69, 9.17) is 14.2 Å². The average Bonchev–Trinajstić information content (AvgIpc) is 2.67. The van der Waals surface area contributed by atoms with Gasteiger partial charge in [0.15, 0.2) is 11.5 Å². The standard InChI is InChI=1S/C18H20N2O6S/c1-20(2)27(22,23)17-10-12(8-9-15(17)24-3)19-18(21)16-11-25-13-6-4-5-7-14(13)26-16/h4-10,16H,11H2,1-3H3,(H,19,21). The van der Waals surface area contributed by atoms with Gasteiger partial charge in [0.1, 0.15) is 17.3 Å². The summed E-state index contributed by atoms with van der Waals surface area (Å²) in [5, 5.41) is 2.66. The lowest BCUT2D eigenvalue weighted by molar-refractivity contribution is -0.125. The van der Waals surface area contributed by atoms with Crippen LogP contribution in [0.4, 0.5) is 5.69 Å². The van der Waals surface area contributed by atoms with Crippen molar-refractivity contribution >= 4 is 21.6 Å². The van der Waals surface area contributed by atoms with Gasteiger partial charge >= 0.3 is 0 Å². The number of benzene rings is 2. The first-order valence-electron chi connectivity index (χ1n) is 8.13. The Morgan fingerprint density at radius 3 is 2.56 bits per heavy atom. The molecule has 1 aliphatic heterocycles. The van der Waals surface area contributed by atoms with Crippen LogP contribution in [0.5, 0.6) is 17.2 Å². The maximum atomic E-state index is 12.5. The van der Waals surface area contributed by atoms with Crippen LogP contribution < -0.4 is 19.5 Å². The number of sulfonamides is 1. The van der Waals surface area contributed by atoms with E-state index in [-0.39, 0.29) is 17.3 Å². The summed E-state index contributed by atoms with van der Waals surface area (Å²) in [5.74, 6) is 0.801. The molecule has 0 saturated carbocycles. The van der Waals surface area contributed by atoms with Crippen LogP contribution in [0.15, 0.2) is 47.4 Å². The Balaban J connectivity index is 1.81. The molecule has 2 aromatic carbocycles. The molecule has 0 bridgehead atoms. The Bertz CT molecular complexity index is 958. The highest BCUT2D eigenvalue weighted by molar-refractivity contribution is 7.89. The maximum Gasteiger partial charge on any atom is 0.269 e. The fraction of sp³-hybridized carbons (Fsp3) is 0.278. The third kappa shape index (κ3) is 3.83. The maximum absolute atomic E-state index is 12.5. The summed E-state index contributed by atoms with van der Waals surface area (Å²) >= 11 is 0. The summed E-state index contributed by atoms with van der Waals surface area (Å²) < 4.78 is 42.4. The SMILES string of the molecule is COc1ccc(NC(=O)C2COc3ccccc3O2)cc1S(=O)(=O)N(C)C. The van der Waals surface area contributed by atoms with Gasteiger partial charge in [0, 0.05) is 19.8 Å². The average molecular weight is 392 g/mol. The van der Waals surface area contributed by atoms with Crippen molar-refractivity contribution in [3.8, 4) is 17.2 Å². The van der Waals surface area contributed by atoms with Crippen molar-refractivity contribution in [2.24, 2.45) is 0 Å². The molecular weight excluding hydrogens is 372 g/mol. The quantitative estimate of drug-likeness (QED) is 0.833. The fourth-order valence-corrected chi connectivity index (χ4v) is 3.60. The Kier molecular flexibility index (Phi) is 5.24. The van der Waals surface area contributed by atoms with Crippen molar-refractivity contribution in [1.82, 2.24) is 4.31 Å². The van der Waals surface area contributed by atoms with Crippen LogP contribution in [0.3, 0.4) is 0 Å². The summed E-state index contributed by atoms with van der Waals surface area (Å²) in [6, 6.07) is 11.5. The molecule has 2 aromatic rings. The van der Waals surface area contributed by atoms with E-state index in [1.165, 1.54) is 33.3 Å². The number of fused-ring (bicyclic) bond motifs is 1. The highest BCUT2D eigenvalue weighted by Crippen LogP contribution is 2.32. The Morgan fingerprint density at radius 2 is 1.89 bits per heavy atom. The number of carbonyl (C=O) groups is 1. The number of hydrogen-bond donors (Lipinski definition) is 1.